The van der Waals surface area contributed by atoms with Crippen LogP contribution in [-0.2, 0) is 4.74 Å². The number of benzene rings is 4. The summed E-state index contributed by atoms with van der Waals surface area (Å²) in [6, 6.07) is 24.5. The minimum atomic E-state index is -1.15. The van der Waals surface area contributed by atoms with E-state index in [9.17, 15) is 29.3 Å². The fourth-order valence-corrected chi connectivity index (χ4v) is 4.29. The lowest BCUT2D eigenvalue weighted by molar-refractivity contribution is -0.385. The number of rotatable bonds is 6. The van der Waals surface area contributed by atoms with Crippen molar-refractivity contribution < 1.29 is 28.8 Å². The van der Waals surface area contributed by atoms with Gasteiger partial charge >= 0.3 is 5.97 Å². The second-order valence-electron chi connectivity index (χ2n) is 8.29. The zero-order chi connectivity index (χ0) is 26.1. The third-order valence-corrected chi connectivity index (χ3v) is 6.12. The van der Waals surface area contributed by atoms with Crippen molar-refractivity contribution in [2.75, 3.05) is 6.61 Å². The van der Waals surface area contributed by atoms with Gasteiger partial charge in [0.1, 0.15) is 11.1 Å². The van der Waals surface area contributed by atoms with E-state index in [0.29, 0.717) is 5.56 Å². The Kier molecular flexibility index (Phi) is 5.99. The predicted molar refractivity (Wildman–Crippen MR) is 133 cm³/mol. The van der Waals surface area contributed by atoms with Crippen LogP contribution in [0.1, 0.15) is 52.6 Å². The predicted octanol–water partition coefficient (Wildman–Crippen LogP) is 5.08. The Balaban J connectivity index is 1.38. The average molecular weight is 491 g/mol. The molecule has 180 valence electrons. The lowest BCUT2D eigenvalue weighted by atomic mass is 9.82. The molecule has 4 aromatic rings. The van der Waals surface area contributed by atoms with Gasteiger partial charge in [0.05, 0.1) is 4.92 Å². The molecule has 1 aliphatic carbocycles. The minimum Gasteiger partial charge on any atom is -0.454 e. The van der Waals surface area contributed by atoms with Crippen molar-refractivity contribution in [3.05, 3.63) is 134 Å². The van der Waals surface area contributed by atoms with Crippen molar-refractivity contribution in [3.63, 3.8) is 0 Å². The molecule has 0 radical (unpaired) electrons. The van der Waals surface area contributed by atoms with E-state index in [4.69, 9.17) is 4.74 Å². The number of ketones is 3. The molecule has 0 aliphatic heterocycles. The van der Waals surface area contributed by atoms with E-state index in [2.05, 4.69) is 0 Å². The molecule has 0 bridgehead atoms. The Labute approximate surface area is 210 Å². The van der Waals surface area contributed by atoms with E-state index in [1.165, 1.54) is 24.3 Å². The molecule has 5 rings (SSSR count). The summed E-state index contributed by atoms with van der Waals surface area (Å²) in [5.74, 6) is -2.94. The number of ether oxygens (including phenoxy) is 1. The molecule has 8 heteroatoms. The van der Waals surface area contributed by atoms with Gasteiger partial charge in [0.25, 0.3) is 5.69 Å². The van der Waals surface area contributed by atoms with Gasteiger partial charge in [-0.05, 0) is 23.3 Å². The smallest absolute Gasteiger partial charge is 0.345 e. The SMILES string of the molecule is O=C(COC(=O)c1ccc2c(c1[N+](=O)[O-])C(=O)c1ccccc1C2=O)c1ccc(-c2ccccc2)cc1. The summed E-state index contributed by atoms with van der Waals surface area (Å²) in [5, 5.41) is 11.9. The molecule has 37 heavy (non-hydrogen) atoms. The summed E-state index contributed by atoms with van der Waals surface area (Å²) < 4.78 is 5.08. The summed E-state index contributed by atoms with van der Waals surface area (Å²) in [6.45, 7) is -0.659. The molecule has 0 spiro atoms. The molecule has 1 aliphatic rings. The van der Waals surface area contributed by atoms with Crippen molar-refractivity contribution in [1.29, 1.82) is 0 Å². The summed E-state index contributed by atoms with van der Waals surface area (Å²) >= 11 is 0. The van der Waals surface area contributed by atoms with Gasteiger partial charge in [0.15, 0.2) is 18.2 Å². The fourth-order valence-electron chi connectivity index (χ4n) is 4.29. The van der Waals surface area contributed by atoms with Gasteiger partial charge in [-0.2, -0.15) is 0 Å². The van der Waals surface area contributed by atoms with E-state index >= 15 is 0 Å². The lowest BCUT2D eigenvalue weighted by Crippen LogP contribution is -2.24. The van der Waals surface area contributed by atoms with Crippen LogP contribution in [0, 0.1) is 10.1 Å². The number of carbonyl (C=O) groups excluding carboxylic acids is 4. The number of nitrogens with zero attached hydrogens (tertiary/aromatic N) is 1. The van der Waals surface area contributed by atoms with Gasteiger partial charge in [-0.3, -0.25) is 24.5 Å². The molecular formula is C29H17NO7. The van der Waals surface area contributed by atoms with E-state index in [1.807, 2.05) is 30.3 Å². The van der Waals surface area contributed by atoms with E-state index in [0.717, 1.165) is 17.2 Å². The molecule has 0 atom stereocenters. The van der Waals surface area contributed by atoms with Gasteiger partial charge in [-0.15, -0.1) is 0 Å². The fraction of sp³-hybridized carbons (Fsp3) is 0.0345. The third kappa shape index (κ3) is 4.21. The summed E-state index contributed by atoms with van der Waals surface area (Å²) in [4.78, 5) is 62.4. The average Bonchev–Trinajstić information content (AvgIpc) is 2.94. The normalized spacial score (nSPS) is 11.9. The van der Waals surface area contributed by atoms with Crippen LogP contribution in [0.4, 0.5) is 5.69 Å². The topological polar surface area (TPSA) is 121 Å². The zero-order valence-corrected chi connectivity index (χ0v) is 19.2. The Hall–Kier alpha value is -5.24. The monoisotopic (exact) mass is 491 g/mol. The van der Waals surface area contributed by atoms with Gasteiger partial charge in [0.2, 0.25) is 5.78 Å². The Morgan fingerprint density at radius 1 is 0.703 bits per heavy atom. The molecule has 4 aromatic carbocycles. The maximum absolute atomic E-state index is 13.1. The summed E-state index contributed by atoms with van der Waals surface area (Å²) in [5.41, 5.74) is 0.350. The van der Waals surface area contributed by atoms with Crippen LogP contribution < -0.4 is 0 Å². The number of nitro benzene ring substituents is 1. The number of hydrogen-bond acceptors (Lipinski definition) is 7. The Morgan fingerprint density at radius 3 is 1.95 bits per heavy atom. The van der Waals surface area contributed by atoms with Gasteiger partial charge in [-0.25, -0.2) is 4.79 Å². The number of esters is 1. The van der Waals surface area contributed by atoms with Crippen molar-refractivity contribution in [2.24, 2.45) is 0 Å². The van der Waals surface area contributed by atoms with Crippen LogP contribution in [0.5, 0.6) is 0 Å². The quantitative estimate of drug-likeness (QED) is 0.141. The molecule has 0 aromatic heterocycles. The molecule has 0 N–H and O–H groups in total. The van der Waals surface area contributed by atoms with Crippen LogP contribution in [0.3, 0.4) is 0 Å². The second-order valence-corrected chi connectivity index (χ2v) is 8.29. The molecule has 0 fully saturated rings. The maximum atomic E-state index is 13.1. The second kappa shape index (κ2) is 9.43. The third-order valence-electron chi connectivity index (χ3n) is 6.12. The first-order valence-corrected chi connectivity index (χ1v) is 11.2. The van der Waals surface area contributed by atoms with Crippen LogP contribution in [0.15, 0.2) is 91.0 Å². The van der Waals surface area contributed by atoms with Gasteiger partial charge in [-0.1, -0.05) is 78.9 Å². The highest BCUT2D eigenvalue weighted by molar-refractivity contribution is 6.30. The summed E-state index contributed by atoms with van der Waals surface area (Å²) in [6.07, 6.45) is 0. The van der Waals surface area contributed by atoms with Crippen LogP contribution in [0.25, 0.3) is 11.1 Å². The first-order chi connectivity index (χ1) is 17.9. The van der Waals surface area contributed by atoms with E-state index < -0.39 is 51.7 Å². The van der Waals surface area contributed by atoms with E-state index in [-0.39, 0.29) is 16.7 Å². The summed E-state index contributed by atoms with van der Waals surface area (Å²) in [7, 11) is 0. The maximum Gasteiger partial charge on any atom is 0.345 e. The molecule has 0 heterocycles. The van der Waals surface area contributed by atoms with Crippen molar-refractivity contribution in [2.45, 2.75) is 0 Å². The lowest BCUT2D eigenvalue weighted by Gasteiger charge is -2.18. The molecule has 0 unspecified atom stereocenters. The van der Waals surface area contributed by atoms with Gasteiger partial charge in [0, 0.05) is 22.3 Å². The van der Waals surface area contributed by atoms with Crippen molar-refractivity contribution in [1.82, 2.24) is 0 Å². The first kappa shape index (κ1) is 23.5. The van der Waals surface area contributed by atoms with Crippen LogP contribution in [-0.4, -0.2) is 34.8 Å². The van der Waals surface area contributed by atoms with E-state index in [1.54, 1.807) is 30.3 Å². The number of carbonyl (C=O) groups is 4. The van der Waals surface area contributed by atoms with Crippen molar-refractivity contribution in [3.8, 4) is 11.1 Å². The molecule has 8 nitrogen and oxygen atoms in total. The molecule has 0 saturated carbocycles. The Morgan fingerprint density at radius 2 is 1.30 bits per heavy atom. The Bertz CT molecular complexity index is 1610. The minimum absolute atomic E-state index is 0.0164. The number of hydrogen-bond donors (Lipinski definition) is 0. The zero-order valence-electron chi connectivity index (χ0n) is 19.2. The standard InChI is InChI=1S/C29H17NO7/c31-24(19-12-10-18(11-13-19)17-6-2-1-3-7-17)16-37-29(34)23-15-14-22-25(26(23)30(35)36)28(33)21-9-5-4-8-20(21)27(22)32/h1-15H,16H2. The number of fused-ring (bicyclic) bond motifs is 2. The number of Topliss-reactive ketones (excluding diaryl/α,β-unsaturated/α-hetero) is 1. The van der Waals surface area contributed by atoms with Gasteiger partial charge < -0.3 is 4.74 Å². The highest BCUT2D eigenvalue weighted by Gasteiger charge is 2.39. The molecule has 0 amide bonds. The molecular weight excluding hydrogens is 474 g/mol. The highest BCUT2D eigenvalue weighted by atomic mass is 16.6. The number of nitro groups is 1. The molecule has 0 saturated heterocycles. The van der Waals surface area contributed by atoms with Crippen molar-refractivity contribution >= 4 is 29.0 Å². The highest BCUT2D eigenvalue weighted by Crippen LogP contribution is 2.35. The largest absolute Gasteiger partial charge is 0.454 e. The van der Waals surface area contributed by atoms with Crippen LogP contribution >= 0.6 is 0 Å². The first-order valence-electron chi connectivity index (χ1n) is 11.2. The van der Waals surface area contributed by atoms with Crippen LogP contribution in [0.2, 0.25) is 0 Å².